The lowest BCUT2D eigenvalue weighted by atomic mass is 9.94. The zero-order valence-corrected chi connectivity index (χ0v) is 11.0. The van der Waals surface area contributed by atoms with Gasteiger partial charge in [-0.15, -0.1) is 0 Å². The zero-order chi connectivity index (χ0) is 13.2. The molecule has 1 aliphatic rings. The highest BCUT2D eigenvalue weighted by atomic mass is 16.5. The largest absolute Gasteiger partial charge is 0.386 e. The van der Waals surface area contributed by atoms with Gasteiger partial charge in [-0.05, 0) is 26.3 Å². The third-order valence-electron chi connectivity index (χ3n) is 3.62. The van der Waals surface area contributed by atoms with E-state index in [1.165, 1.54) is 0 Å². The van der Waals surface area contributed by atoms with Crippen LogP contribution >= 0.6 is 0 Å². The standard InChI is InChI=1S/C13H19N3O2/c1-9-13(2,5-7-18-9)16-12(17)10-4-6-15-8-11(10)14-3/h4,6,8-9,14H,5,7H2,1-3H3,(H,16,17). The summed E-state index contributed by atoms with van der Waals surface area (Å²) in [6, 6.07) is 1.71. The van der Waals surface area contributed by atoms with Crippen LogP contribution in [-0.4, -0.2) is 36.2 Å². The lowest BCUT2D eigenvalue weighted by molar-refractivity contribution is 0.0728. The van der Waals surface area contributed by atoms with E-state index in [0.717, 1.165) is 12.1 Å². The summed E-state index contributed by atoms with van der Waals surface area (Å²) in [6.07, 6.45) is 4.12. The molecule has 2 heterocycles. The van der Waals surface area contributed by atoms with Gasteiger partial charge in [-0.1, -0.05) is 0 Å². The summed E-state index contributed by atoms with van der Waals surface area (Å²) in [7, 11) is 1.77. The van der Waals surface area contributed by atoms with Gasteiger partial charge in [0, 0.05) is 19.9 Å². The van der Waals surface area contributed by atoms with Gasteiger partial charge in [0.15, 0.2) is 0 Å². The van der Waals surface area contributed by atoms with Crippen LogP contribution in [0, 0.1) is 0 Å². The van der Waals surface area contributed by atoms with Crippen LogP contribution in [0.3, 0.4) is 0 Å². The summed E-state index contributed by atoms with van der Waals surface area (Å²) in [6.45, 7) is 4.69. The van der Waals surface area contributed by atoms with Crippen molar-refractivity contribution >= 4 is 11.6 Å². The van der Waals surface area contributed by atoms with Crippen LogP contribution in [0.5, 0.6) is 0 Å². The van der Waals surface area contributed by atoms with E-state index in [0.29, 0.717) is 12.2 Å². The first-order chi connectivity index (χ1) is 8.57. The number of carbonyl (C=O) groups is 1. The Morgan fingerprint density at radius 3 is 3.00 bits per heavy atom. The van der Waals surface area contributed by atoms with E-state index >= 15 is 0 Å². The molecule has 1 saturated heterocycles. The normalized spacial score (nSPS) is 26.9. The van der Waals surface area contributed by atoms with Crippen LogP contribution in [0.1, 0.15) is 30.6 Å². The van der Waals surface area contributed by atoms with E-state index in [1.807, 2.05) is 13.8 Å². The predicted octanol–water partition coefficient (Wildman–Crippen LogP) is 1.42. The van der Waals surface area contributed by atoms with Gasteiger partial charge in [-0.2, -0.15) is 0 Å². The van der Waals surface area contributed by atoms with Crippen molar-refractivity contribution in [2.24, 2.45) is 0 Å². The molecule has 1 amide bonds. The number of hydrogen-bond acceptors (Lipinski definition) is 4. The van der Waals surface area contributed by atoms with Gasteiger partial charge in [0.25, 0.3) is 5.91 Å². The Morgan fingerprint density at radius 1 is 1.61 bits per heavy atom. The second-order valence-electron chi connectivity index (χ2n) is 4.81. The maximum atomic E-state index is 12.3. The van der Waals surface area contributed by atoms with Gasteiger partial charge in [0.05, 0.1) is 29.1 Å². The van der Waals surface area contributed by atoms with E-state index in [4.69, 9.17) is 4.74 Å². The summed E-state index contributed by atoms with van der Waals surface area (Å²) < 4.78 is 5.52. The highest BCUT2D eigenvalue weighted by Crippen LogP contribution is 2.26. The molecule has 98 valence electrons. The maximum absolute atomic E-state index is 12.3. The summed E-state index contributed by atoms with van der Waals surface area (Å²) in [5.41, 5.74) is 1.03. The Kier molecular flexibility index (Phi) is 3.52. The molecule has 0 aliphatic carbocycles. The first-order valence-corrected chi connectivity index (χ1v) is 6.13. The second-order valence-corrected chi connectivity index (χ2v) is 4.81. The Labute approximate surface area is 107 Å². The van der Waals surface area contributed by atoms with E-state index in [9.17, 15) is 4.79 Å². The summed E-state index contributed by atoms with van der Waals surface area (Å²) >= 11 is 0. The minimum absolute atomic E-state index is 0.0290. The molecule has 2 unspecified atom stereocenters. The average Bonchev–Trinajstić information content (AvgIpc) is 2.69. The average molecular weight is 249 g/mol. The SMILES string of the molecule is CNc1cnccc1C(=O)NC1(C)CCOC1C. The number of rotatable bonds is 3. The van der Waals surface area contributed by atoms with Crippen molar-refractivity contribution in [3.63, 3.8) is 0 Å². The van der Waals surface area contributed by atoms with Crippen molar-refractivity contribution in [2.75, 3.05) is 19.0 Å². The molecule has 2 atom stereocenters. The number of nitrogens with zero attached hydrogens (tertiary/aromatic N) is 1. The smallest absolute Gasteiger partial charge is 0.254 e. The van der Waals surface area contributed by atoms with Gasteiger partial charge < -0.3 is 15.4 Å². The monoisotopic (exact) mass is 249 g/mol. The Hall–Kier alpha value is -1.62. The Balaban J connectivity index is 2.17. The van der Waals surface area contributed by atoms with E-state index < -0.39 is 0 Å². The molecule has 1 fully saturated rings. The second kappa shape index (κ2) is 4.94. The first-order valence-electron chi connectivity index (χ1n) is 6.13. The first kappa shape index (κ1) is 12.8. The van der Waals surface area contributed by atoms with Crippen LogP contribution in [0.25, 0.3) is 0 Å². The number of hydrogen-bond donors (Lipinski definition) is 2. The lowest BCUT2D eigenvalue weighted by Gasteiger charge is -2.29. The fourth-order valence-electron chi connectivity index (χ4n) is 2.12. The quantitative estimate of drug-likeness (QED) is 0.850. The fourth-order valence-corrected chi connectivity index (χ4v) is 2.12. The molecular formula is C13H19N3O2. The molecule has 2 N–H and O–H groups in total. The van der Waals surface area contributed by atoms with Crippen LogP contribution in [0.2, 0.25) is 0 Å². The van der Waals surface area contributed by atoms with Crippen molar-refractivity contribution in [1.82, 2.24) is 10.3 Å². The molecule has 1 aromatic rings. The van der Waals surface area contributed by atoms with Crippen LogP contribution in [0.4, 0.5) is 5.69 Å². The zero-order valence-electron chi connectivity index (χ0n) is 11.0. The molecule has 1 aliphatic heterocycles. The maximum Gasteiger partial charge on any atom is 0.254 e. The summed E-state index contributed by atoms with van der Waals surface area (Å²) in [5, 5.41) is 6.03. The van der Waals surface area contributed by atoms with Gasteiger partial charge in [0.2, 0.25) is 0 Å². The molecule has 5 heteroatoms. The van der Waals surface area contributed by atoms with Crippen LogP contribution in [-0.2, 0) is 4.74 Å². The van der Waals surface area contributed by atoms with E-state index in [2.05, 4.69) is 15.6 Å². The van der Waals surface area contributed by atoms with E-state index in [1.54, 1.807) is 25.5 Å². The number of anilines is 1. The number of aromatic nitrogens is 1. The number of carbonyl (C=O) groups excluding carboxylic acids is 1. The fraction of sp³-hybridized carbons (Fsp3) is 0.538. The van der Waals surface area contributed by atoms with E-state index in [-0.39, 0.29) is 17.6 Å². The summed E-state index contributed by atoms with van der Waals surface area (Å²) in [4.78, 5) is 16.3. The van der Waals surface area contributed by atoms with Gasteiger partial charge >= 0.3 is 0 Å². The number of ether oxygens (including phenoxy) is 1. The van der Waals surface area contributed by atoms with Crippen molar-refractivity contribution in [3.05, 3.63) is 24.0 Å². The van der Waals surface area contributed by atoms with Crippen molar-refractivity contribution in [2.45, 2.75) is 31.9 Å². The van der Waals surface area contributed by atoms with Crippen LogP contribution in [0.15, 0.2) is 18.5 Å². The number of pyridine rings is 1. The number of amides is 1. The molecule has 1 aromatic heterocycles. The minimum atomic E-state index is -0.300. The van der Waals surface area contributed by atoms with Gasteiger partial charge in [0.1, 0.15) is 0 Å². The molecule has 18 heavy (non-hydrogen) atoms. The third kappa shape index (κ3) is 2.31. The van der Waals surface area contributed by atoms with Crippen molar-refractivity contribution in [3.8, 4) is 0 Å². The Bertz CT molecular complexity index is 450. The molecule has 0 aromatic carbocycles. The summed E-state index contributed by atoms with van der Waals surface area (Å²) in [5.74, 6) is -0.0957. The number of nitrogens with one attached hydrogen (secondary N) is 2. The molecule has 0 radical (unpaired) electrons. The topological polar surface area (TPSA) is 63.2 Å². The van der Waals surface area contributed by atoms with Crippen molar-refractivity contribution < 1.29 is 9.53 Å². The third-order valence-corrected chi connectivity index (χ3v) is 3.62. The molecular weight excluding hydrogens is 230 g/mol. The molecule has 0 bridgehead atoms. The van der Waals surface area contributed by atoms with Gasteiger partial charge in [-0.25, -0.2) is 0 Å². The molecule has 5 nitrogen and oxygen atoms in total. The predicted molar refractivity (Wildman–Crippen MR) is 69.7 cm³/mol. The molecule has 0 saturated carbocycles. The minimum Gasteiger partial charge on any atom is -0.386 e. The van der Waals surface area contributed by atoms with Crippen LogP contribution < -0.4 is 10.6 Å². The highest BCUT2D eigenvalue weighted by molar-refractivity contribution is 5.99. The molecule has 0 spiro atoms. The molecule has 2 rings (SSSR count). The van der Waals surface area contributed by atoms with Gasteiger partial charge in [-0.3, -0.25) is 9.78 Å². The Morgan fingerprint density at radius 2 is 2.39 bits per heavy atom. The lowest BCUT2D eigenvalue weighted by Crippen LogP contribution is -2.50. The van der Waals surface area contributed by atoms with Crippen molar-refractivity contribution in [1.29, 1.82) is 0 Å². The highest BCUT2D eigenvalue weighted by Gasteiger charge is 2.38.